The molecule has 0 radical (unpaired) electrons. The van der Waals surface area contributed by atoms with Crippen LogP contribution in [0.25, 0.3) is 0 Å². The Balaban J connectivity index is 1.38. The van der Waals surface area contributed by atoms with Crippen LogP contribution in [0, 0.1) is 17.8 Å². The molecule has 1 saturated heterocycles. The van der Waals surface area contributed by atoms with Crippen molar-refractivity contribution < 1.29 is 51.5 Å². The van der Waals surface area contributed by atoms with Crippen molar-refractivity contribution in [3.63, 3.8) is 0 Å². The Kier molecular flexibility index (Phi) is 24.9. The third-order valence-electron chi connectivity index (χ3n) is 13.4. The Morgan fingerprint density at radius 1 is 0.907 bits per heavy atom. The van der Waals surface area contributed by atoms with Gasteiger partial charge in [0.1, 0.15) is 23.4 Å². The van der Waals surface area contributed by atoms with Gasteiger partial charge in [0.25, 0.3) is 15.9 Å². The number of amides is 7. The summed E-state index contributed by atoms with van der Waals surface area (Å²) in [5, 5.41) is 12.7. The zero-order valence-electron chi connectivity index (χ0n) is 44.8. The number of piperidine rings is 1. The number of likely N-dealkylation sites (tertiary alicyclic amines) is 1. The lowest BCUT2D eigenvalue weighted by molar-refractivity contribution is -0.149. The predicted molar refractivity (Wildman–Crippen MR) is 287 cm³/mol. The van der Waals surface area contributed by atoms with Crippen LogP contribution in [-0.4, -0.2) is 110 Å². The number of carbonyl (C=O) groups is 7. The number of alkyl carbamates (subject to hydrolysis) is 1. The zero-order valence-corrected chi connectivity index (χ0v) is 46.4. The van der Waals surface area contributed by atoms with Gasteiger partial charge in [0.15, 0.2) is 6.10 Å². The summed E-state index contributed by atoms with van der Waals surface area (Å²) in [7, 11) is -2.46. The van der Waals surface area contributed by atoms with Crippen LogP contribution in [-0.2, 0) is 51.8 Å². The summed E-state index contributed by atoms with van der Waals surface area (Å²) in [4.78, 5) is 98.8. The molecule has 0 unspecified atom stereocenters. The lowest BCUT2D eigenvalue weighted by Crippen LogP contribution is -2.59. The molecule has 2 aromatic carbocycles. The van der Waals surface area contributed by atoms with Gasteiger partial charge in [0, 0.05) is 56.0 Å². The fourth-order valence-corrected chi connectivity index (χ4v) is 10.5. The molecule has 0 aliphatic carbocycles. The summed E-state index contributed by atoms with van der Waals surface area (Å²) >= 11 is 1.03. The van der Waals surface area contributed by atoms with Crippen LogP contribution < -0.4 is 31.7 Å². The van der Waals surface area contributed by atoms with E-state index in [2.05, 4.69) is 37.9 Å². The molecule has 75 heavy (non-hydrogen) atoms. The van der Waals surface area contributed by atoms with E-state index >= 15 is 0 Å². The molecule has 0 bridgehead atoms. The third-order valence-corrected chi connectivity index (χ3v) is 15.7. The van der Waals surface area contributed by atoms with E-state index in [-0.39, 0.29) is 76.7 Å². The summed E-state index contributed by atoms with van der Waals surface area (Å²) in [6, 6.07) is 10.1. The van der Waals surface area contributed by atoms with Crippen molar-refractivity contribution in [3.05, 3.63) is 75.7 Å². The third kappa shape index (κ3) is 19.8. The summed E-state index contributed by atoms with van der Waals surface area (Å²) in [6.45, 7) is 14.6. The number of nitrogens with zero attached hydrogens (tertiary/aromatic N) is 3. The van der Waals surface area contributed by atoms with E-state index in [9.17, 15) is 42.0 Å². The van der Waals surface area contributed by atoms with Crippen molar-refractivity contribution in [2.24, 2.45) is 23.5 Å². The van der Waals surface area contributed by atoms with Crippen LogP contribution >= 0.6 is 11.3 Å². The first kappa shape index (κ1) is 61.4. The number of benzene rings is 2. The van der Waals surface area contributed by atoms with Crippen LogP contribution in [0.15, 0.2) is 58.8 Å². The van der Waals surface area contributed by atoms with Gasteiger partial charge in [0.05, 0.1) is 10.9 Å². The number of sulfonamides is 1. The molecule has 22 heteroatoms. The first-order valence-corrected chi connectivity index (χ1v) is 28.4. The van der Waals surface area contributed by atoms with E-state index in [1.54, 1.807) is 31.2 Å². The molecule has 1 aliphatic rings. The number of rotatable bonds is 29. The lowest BCUT2D eigenvalue weighted by atomic mass is 9.91. The number of hydrogen-bond donors (Lipinski definition) is 6. The van der Waals surface area contributed by atoms with E-state index < -0.39 is 52.2 Å². The summed E-state index contributed by atoms with van der Waals surface area (Å²) in [6.07, 6.45) is 6.49. The highest BCUT2D eigenvalue weighted by Crippen LogP contribution is 2.32. The molecule has 7 N–H and O–H groups in total. The number of likely N-dealkylation sites (N-methyl/N-ethyl adjacent to an activating group) is 1. The highest BCUT2D eigenvalue weighted by Gasteiger charge is 2.39. The molecule has 1 aromatic heterocycles. The topological polar surface area (TPSA) is 278 Å². The molecule has 1 fully saturated rings. The average Bonchev–Trinajstić information content (AvgIpc) is 3.88. The smallest absolute Gasteiger partial charge is 0.407 e. The maximum absolute atomic E-state index is 14.9. The van der Waals surface area contributed by atoms with Gasteiger partial charge in [-0.1, -0.05) is 97.9 Å². The quantitative estimate of drug-likeness (QED) is 0.0298. The molecule has 414 valence electrons. The van der Waals surface area contributed by atoms with Crippen LogP contribution in [0.3, 0.4) is 0 Å². The molecule has 2 heterocycles. The average molecular weight is 1080 g/mol. The number of anilines is 1. The van der Waals surface area contributed by atoms with Crippen LogP contribution in [0.4, 0.5) is 15.3 Å². The van der Waals surface area contributed by atoms with Crippen molar-refractivity contribution in [2.45, 2.75) is 161 Å². The predicted octanol–water partition coefficient (Wildman–Crippen LogP) is 7.15. The minimum absolute atomic E-state index is 0.00799. The maximum atomic E-state index is 14.9. The maximum Gasteiger partial charge on any atom is 0.407 e. The molecule has 3 aromatic rings. The number of hydrogen-bond acceptors (Lipinski definition) is 14. The van der Waals surface area contributed by atoms with Crippen molar-refractivity contribution in [1.82, 2.24) is 35.5 Å². The van der Waals surface area contributed by atoms with Crippen molar-refractivity contribution >= 4 is 68.8 Å². The Morgan fingerprint density at radius 2 is 1.60 bits per heavy atom. The zero-order chi connectivity index (χ0) is 55.2. The minimum atomic E-state index is -4.40. The standard InChI is InChI=1S/C53H79N9O11S2/c1-9-11-12-14-29-62(51(67)46(35(5)10-2)59-49(66)43-18-13-15-28-61(43)8)44(34(3)4)30-45(73-37(7)63)50-58-42(33-74-50)48(65)60-75(70,71)41-25-21-38(22-26-41)31-56-53(69)72-32-39-19-23-40(24-20-39)57-47(64)36(6)17-16-27-55-52(54)68/h19-26,33-36,43-46H,9-18,27-32H2,1-8H3,(H,56,69)(H,57,64)(H,59,66)(H,60,65)(H3,54,55,68)/t35-,36-,43+,44+,45+,46-/m0/s1. The molecular weight excluding hydrogens is 1000 g/mol. The fraction of sp³-hybridized carbons (Fsp3) is 0.585. The van der Waals surface area contributed by atoms with Crippen molar-refractivity contribution in [2.75, 3.05) is 32.0 Å². The number of ether oxygens (including phenoxy) is 2. The van der Waals surface area contributed by atoms with Gasteiger partial charge in [-0.15, -0.1) is 11.3 Å². The molecule has 0 saturated carbocycles. The number of primary amides is 1. The fourth-order valence-electron chi connectivity index (χ4n) is 8.68. The minimum Gasteiger partial charge on any atom is -0.455 e. The molecule has 20 nitrogen and oxygen atoms in total. The second kappa shape index (κ2) is 30.4. The van der Waals surface area contributed by atoms with E-state index in [0.29, 0.717) is 55.6 Å². The molecule has 1 aliphatic heterocycles. The molecular formula is C53H79N9O11S2. The van der Waals surface area contributed by atoms with Gasteiger partial charge in [-0.2, -0.15) is 0 Å². The van der Waals surface area contributed by atoms with E-state index in [0.717, 1.165) is 56.4 Å². The Bertz CT molecular complexity index is 2470. The van der Waals surface area contributed by atoms with E-state index in [4.69, 9.17) is 15.2 Å². The number of esters is 1. The van der Waals surface area contributed by atoms with E-state index in [1.165, 1.54) is 36.6 Å². The Hall–Kier alpha value is -6.13. The summed E-state index contributed by atoms with van der Waals surface area (Å²) in [5.74, 6) is -2.76. The number of aromatic nitrogens is 1. The van der Waals surface area contributed by atoms with Crippen molar-refractivity contribution in [1.29, 1.82) is 0 Å². The summed E-state index contributed by atoms with van der Waals surface area (Å²) < 4.78 is 40.1. The van der Waals surface area contributed by atoms with E-state index in [1.807, 2.05) is 44.5 Å². The van der Waals surface area contributed by atoms with Crippen LogP contribution in [0.2, 0.25) is 0 Å². The number of thiazole rings is 1. The number of urea groups is 1. The van der Waals surface area contributed by atoms with Crippen LogP contribution in [0.5, 0.6) is 0 Å². The molecule has 7 amide bonds. The Morgan fingerprint density at radius 3 is 2.23 bits per heavy atom. The number of carbonyl (C=O) groups excluding carboxylic acids is 7. The van der Waals surface area contributed by atoms with Gasteiger partial charge in [-0.25, -0.2) is 27.7 Å². The monoisotopic (exact) mass is 1080 g/mol. The molecule has 0 spiro atoms. The van der Waals surface area contributed by atoms with Gasteiger partial charge in [-0.05, 0) is 92.9 Å². The highest BCUT2D eigenvalue weighted by atomic mass is 32.2. The lowest BCUT2D eigenvalue weighted by Gasteiger charge is -2.40. The summed E-state index contributed by atoms with van der Waals surface area (Å²) in [5.41, 5.74) is 6.63. The first-order valence-electron chi connectivity index (χ1n) is 26.1. The molecule has 6 atom stereocenters. The normalized spacial score (nSPS) is 15.8. The first-order chi connectivity index (χ1) is 35.6. The highest BCUT2D eigenvalue weighted by molar-refractivity contribution is 7.90. The van der Waals surface area contributed by atoms with Crippen LogP contribution in [0.1, 0.15) is 152 Å². The Labute approximate surface area is 446 Å². The number of nitrogens with two attached hydrogens (primary N) is 1. The van der Waals surface area contributed by atoms with Crippen molar-refractivity contribution in [3.8, 4) is 0 Å². The largest absolute Gasteiger partial charge is 0.455 e. The van der Waals surface area contributed by atoms with Gasteiger partial charge in [-0.3, -0.25) is 28.9 Å². The SMILES string of the molecule is CCCCCCN(C(=O)[C@@H](NC(=O)[C@H]1CCCCN1C)[C@@H](C)CC)[C@H](C[C@@H](OC(C)=O)c1nc(C(=O)NS(=O)(=O)c2ccc(CNC(=O)OCc3ccc(NC(=O)[C@@H](C)CCCNC(N)=O)cc3)cc2)cs1)C(C)C. The number of nitrogens with one attached hydrogen (secondary N) is 5. The number of unbranched alkanes of at least 4 members (excludes halogenated alkanes) is 3. The van der Waals surface area contributed by atoms with Gasteiger partial charge < -0.3 is 41.4 Å². The van der Waals surface area contributed by atoms with Gasteiger partial charge >= 0.3 is 18.1 Å². The molecule has 4 rings (SSSR count). The van der Waals surface area contributed by atoms with Gasteiger partial charge in [0.2, 0.25) is 17.7 Å². The second-order valence-electron chi connectivity index (χ2n) is 19.7. The second-order valence-corrected chi connectivity index (χ2v) is 22.3.